The highest BCUT2D eigenvalue weighted by Gasteiger charge is 2.48. The SMILES string of the molecule is COC(=O)CO[C@H]1CO[C@@H]2[C@@H]1OC[C@@H]2Nc1nccc(-c2ccccc2)n1. The fourth-order valence-corrected chi connectivity index (χ4v) is 3.33. The molecule has 2 aliphatic heterocycles. The lowest BCUT2D eigenvalue weighted by Gasteiger charge is -2.18. The molecule has 2 aliphatic rings. The quantitative estimate of drug-likeness (QED) is 0.760. The van der Waals surface area contributed by atoms with Crippen LogP contribution in [0.5, 0.6) is 0 Å². The summed E-state index contributed by atoms with van der Waals surface area (Å²) in [5.41, 5.74) is 1.87. The fraction of sp³-hybridized carbons (Fsp3) is 0.421. The van der Waals surface area contributed by atoms with Gasteiger partial charge in [-0.2, -0.15) is 0 Å². The van der Waals surface area contributed by atoms with Crippen LogP contribution >= 0.6 is 0 Å². The van der Waals surface area contributed by atoms with Crippen molar-refractivity contribution < 1.29 is 23.7 Å². The first kappa shape index (κ1) is 17.8. The standard InChI is InChI=1S/C19H21N3O5/c1-24-16(23)11-25-15-10-27-17-14(9-26-18(15)17)22-19-20-8-7-13(21-19)12-5-3-2-4-6-12/h2-8,14-15,17-18H,9-11H2,1H3,(H,20,21,22)/t14-,15-,17-,18+/m0/s1. The van der Waals surface area contributed by atoms with Crippen molar-refractivity contribution >= 4 is 11.9 Å². The Morgan fingerprint density at radius 1 is 1.19 bits per heavy atom. The number of methoxy groups -OCH3 is 1. The van der Waals surface area contributed by atoms with Crippen molar-refractivity contribution in [3.05, 3.63) is 42.6 Å². The molecule has 0 unspecified atom stereocenters. The van der Waals surface area contributed by atoms with Crippen LogP contribution in [-0.2, 0) is 23.7 Å². The van der Waals surface area contributed by atoms with E-state index in [1.807, 2.05) is 36.4 Å². The van der Waals surface area contributed by atoms with E-state index < -0.39 is 5.97 Å². The molecular weight excluding hydrogens is 350 g/mol. The zero-order valence-corrected chi connectivity index (χ0v) is 14.9. The summed E-state index contributed by atoms with van der Waals surface area (Å²) in [4.78, 5) is 20.1. The Labute approximate surface area is 156 Å². The van der Waals surface area contributed by atoms with E-state index in [0.717, 1.165) is 11.3 Å². The summed E-state index contributed by atoms with van der Waals surface area (Å²) in [6.45, 7) is 0.708. The maximum atomic E-state index is 11.3. The average Bonchev–Trinajstić information content (AvgIpc) is 3.30. The maximum absolute atomic E-state index is 11.3. The molecule has 142 valence electrons. The number of hydrogen-bond acceptors (Lipinski definition) is 8. The van der Waals surface area contributed by atoms with Crippen LogP contribution in [0.4, 0.5) is 5.95 Å². The van der Waals surface area contributed by atoms with Gasteiger partial charge in [0.2, 0.25) is 5.95 Å². The second-order valence-corrected chi connectivity index (χ2v) is 6.40. The number of nitrogens with zero attached hydrogens (tertiary/aromatic N) is 2. The number of nitrogens with one attached hydrogen (secondary N) is 1. The lowest BCUT2D eigenvalue weighted by Crippen LogP contribution is -2.37. The molecule has 0 spiro atoms. The summed E-state index contributed by atoms with van der Waals surface area (Å²) < 4.78 is 21.8. The van der Waals surface area contributed by atoms with Crippen LogP contribution in [0.25, 0.3) is 11.3 Å². The van der Waals surface area contributed by atoms with Gasteiger partial charge in [-0.25, -0.2) is 14.8 Å². The van der Waals surface area contributed by atoms with Gasteiger partial charge in [-0.3, -0.25) is 0 Å². The molecule has 0 amide bonds. The van der Waals surface area contributed by atoms with Gasteiger partial charge in [-0.15, -0.1) is 0 Å². The minimum Gasteiger partial charge on any atom is -0.467 e. The largest absolute Gasteiger partial charge is 0.467 e. The zero-order valence-electron chi connectivity index (χ0n) is 14.9. The first-order valence-corrected chi connectivity index (χ1v) is 8.81. The third-order valence-electron chi connectivity index (χ3n) is 4.69. The Morgan fingerprint density at radius 3 is 2.81 bits per heavy atom. The number of hydrogen-bond donors (Lipinski definition) is 1. The summed E-state index contributed by atoms with van der Waals surface area (Å²) in [7, 11) is 1.33. The Hall–Kier alpha value is -2.55. The van der Waals surface area contributed by atoms with E-state index in [2.05, 4.69) is 20.0 Å². The molecule has 1 aromatic carbocycles. The maximum Gasteiger partial charge on any atom is 0.331 e. The van der Waals surface area contributed by atoms with Gasteiger partial charge in [0, 0.05) is 11.8 Å². The Kier molecular flexibility index (Phi) is 5.28. The van der Waals surface area contributed by atoms with E-state index in [1.54, 1.807) is 6.20 Å². The van der Waals surface area contributed by atoms with Crippen LogP contribution in [0, 0.1) is 0 Å². The Balaban J connectivity index is 1.39. The molecule has 1 aromatic heterocycles. The molecule has 2 fully saturated rings. The summed E-state index contributed by atoms with van der Waals surface area (Å²) in [6.07, 6.45) is 1.02. The number of fused-ring (bicyclic) bond motifs is 1. The van der Waals surface area contributed by atoms with E-state index in [-0.39, 0.29) is 31.0 Å². The van der Waals surface area contributed by atoms with Gasteiger partial charge in [0.25, 0.3) is 0 Å². The normalized spacial score (nSPS) is 26.6. The summed E-state index contributed by atoms with van der Waals surface area (Å²) in [5, 5.41) is 3.30. The lowest BCUT2D eigenvalue weighted by molar-refractivity contribution is -0.149. The van der Waals surface area contributed by atoms with E-state index >= 15 is 0 Å². The minimum atomic E-state index is -0.419. The number of rotatable bonds is 6. The molecule has 0 bridgehead atoms. The predicted octanol–water partition coefficient (Wildman–Crippen LogP) is 1.28. The van der Waals surface area contributed by atoms with Crippen LogP contribution in [0.1, 0.15) is 0 Å². The van der Waals surface area contributed by atoms with Crippen molar-refractivity contribution in [1.82, 2.24) is 9.97 Å². The monoisotopic (exact) mass is 371 g/mol. The summed E-state index contributed by atoms with van der Waals surface area (Å²) in [6, 6.07) is 11.7. The second-order valence-electron chi connectivity index (χ2n) is 6.40. The smallest absolute Gasteiger partial charge is 0.331 e. The van der Waals surface area contributed by atoms with Crippen LogP contribution in [-0.4, -0.2) is 67.2 Å². The van der Waals surface area contributed by atoms with Crippen LogP contribution in [0.2, 0.25) is 0 Å². The van der Waals surface area contributed by atoms with Gasteiger partial charge < -0.3 is 24.3 Å². The highest BCUT2D eigenvalue weighted by atomic mass is 16.6. The molecule has 0 saturated carbocycles. The van der Waals surface area contributed by atoms with E-state index in [0.29, 0.717) is 19.2 Å². The van der Waals surface area contributed by atoms with Gasteiger partial charge in [0.1, 0.15) is 24.9 Å². The number of ether oxygens (including phenoxy) is 4. The number of carbonyl (C=O) groups excluding carboxylic acids is 1. The van der Waals surface area contributed by atoms with E-state index in [9.17, 15) is 4.79 Å². The molecule has 8 nitrogen and oxygen atoms in total. The van der Waals surface area contributed by atoms with Crippen molar-refractivity contribution in [3.8, 4) is 11.3 Å². The molecule has 27 heavy (non-hydrogen) atoms. The van der Waals surface area contributed by atoms with Crippen LogP contribution in [0.3, 0.4) is 0 Å². The minimum absolute atomic E-state index is 0.0900. The first-order chi connectivity index (χ1) is 13.2. The van der Waals surface area contributed by atoms with Crippen molar-refractivity contribution in [3.63, 3.8) is 0 Å². The molecular formula is C19H21N3O5. The number of carbonyl (C=O) groups is 1. The molecule has 3 heterocycles. The predicted molar refractivity (Wildman–Crippen MR) is 96.1 cm³/mol. The number of anilines is 1. The van der Waals surface area contributed by atoms with Crippen LogP contribution < -0.4 is 5.32 Å². The van der Waals surface area contributed by atoms with Gasteiger partial charge in [0.15, 0.2) is 0 Å². The molecule has 1 N–H and O–H groups in total. The van der Waals surface area contributed by atoms with E-state index in [1.165, 1.54) is 7.11 Å². The van der Waals surface area contributed by atoms with Crippen molar-refractivity contribution in [2.45, 2.75) is 24.4 Å². The zero-order chi connectivity index (χ0) is 18.6. The first-order valence-electron chi connectivity index (χ1n) is 8.81. The molecule has 4 rings (SSSR count). The highest BCUT2D eigenvalue weighted by molar-refractivity contribution is 5.70. The number of benzene rings is 1. The number of aromatic nitrogens is 2. The van der Waals surface area contributed by atoms with E-state index in [4.69, 9.17) is 14.2 Å². The Morgan fingerprint density at radius 2 is 2.00 bits per heavy atom. The van der Waals surface area contributed by atoms with Gasteiger partial charge in [-0.05, 0) is 6.07 Å². The second kappa shape index (κ2) is 7.99. The molecule has 4 atom stereocenters. The Bertz CT molecular complexity index is 788. The fourth-order valence-electron chi connectivity index (χ4n) is 3.33. The molecule has 0 radical (unpaired) electrons. The van der Waals surface area contributed by atoms with Gasteiger partial charge in [-0.1, -0.05) is 30.3 Å². The van der Waals surface area contributed by atoms with Crippen LogP contribution in [0.15, 0.2) is 42.6 Å². The topological polar surface area (TPSA) is 91.8 Å². The van der Waals surface area contributed by atoms with Crippen molar-refractivity contribution in [2.24, 2.45) is 0 Å². The molecule has 2 saturated heterocycles. The van der Waals surface area contributed by atoms with Gasteiger partial charge >= 0.3 is 5.97 Å². The molecule has 2 aromatic rings. The highest BCUT2D eigenvalue weighted by Crippen LogP contribution is 2.30. The third kappa shape index (κ3) is 3.92. The summed E-state index contributed by atoms with van der Waals surface area (Å²) >= 11 is 0. The average molecular weight is 371 g/mol. The molecule has 8 heteroatoms. The third-order valence-corrected chi connectivity index (χ3v) is 4.69. The molecule has 0 aliphatic carbocycles. The summed E-state index contributed by atoms with van der Waals surface area (Å²) in [5.74, 6) is 0.102. The van der Waals surface area contributed by atoms with Crippen molar-refractivity contribution in [2.75, 3.05) is 32.2 Å². The lowest BCUT2D eigenvalue weighted by atomic mass is 10.1. The van der Waals surface area contributed by atoms with Crippen molar-refractivity contribution in [1.29, 1.82) is 0 Å². The number of esters is 1. The van der Waals surface area contributed by atoms with Gasteiger partial charge in [0.05, 0.1) is 32.1 Å².